The SMILES string of the molecule is CN(C)C(=O)CN=C(NCC1CCCO1)N1CCC(CN2CCOCC2)C1.I. The van der Waals surface area contributed by atoms with E-state index >= 15 is 0 Å². The summed E-state index contributed by atoms with van der Waals surface area (Å²) in [5.74, 6) is 1.52. The number of rotatable bonds is 6. The third-order valence-corrected chi connectivity index (χ3v) is 5.58. The molecule has 3 aliphatic rings. The van der Waals surface area contributed by atoms with Crippen LogP contribution < -0.4 is 5.32 Å². The standard InChI is InChI=1S/C19H35N5O3.HI/c1-22(2)18(25)13-21-19(20-12-17-4-3-9-27-17)24-6-5-16(15-24)14-23-7-10-26-11-8-23;/h16-17H,3-15H2,1-2H3,(H,20,21);1H. The lowest BCUT2D eigenvalue weighted by Gasteiger charge is -2.29. The van der Waals surface area contributed by atoms with E-state index in [1.807, 2.05) is 0 Å². The van der Waals surface area contributed by atoms with Crippen molar-refractivity contribution in [3.63, 3.8) is 0 Å². The second-order valence-corrected chi connectivity index (χ2v) is 7.96. The highest BCUT2D eigenvalue weighted by Crippen LogP contribution is 2.19. The van der Waals surface area contributed by atoms with Crippen LogP contribution in [0.2, 0.25) is 0 Å². The van der Waals surface area contributed by atoms with Gasteiger partial charge in [0.15, 0.2) is 5.96 Å². The Kier molecular flexibility index (Phi) is 10.2. The maximum Gasteiger partial charge on any atom is 0.243 e. The quantitative estimate of drug-likeness (QED) is 0.319. The molecule has 0 aromatic heterocycles. The van der Waals surface area contributed by atoms with Crippen LogP contribution in [0.5, 0.6) is 0 Å². The highest BCUT2D eigenvalue weighted by Gasteiger charge is 2.28. The average molecular weight is 509 g/mol. The van der Waals surface area contributed by atoms with Crippen molar-refractivity contribution >= 4 is 35.8 Å². The van der Waals surface area contributed by atoms with Gasteiger partial charge in [-0.3, -0.25) is 9.69 Å². The zero-order chi connectivity index (χ0) is 19.1. The summed E-state index contributed by atoms with van der Waals surface area (Å²) in [7, 11) is 3.54. The van der Waals surface area contributed by atoms with E-state index in [2.05, 4.69) is 20.1 Å². The molecular weight excluding hydrogens is 473 g/mol. The molecule has 3 rings (SSSR count). The van der Waals surface area contributed by atoms with Crippen molar-refractivity contribution in [2.75, 3.05) is 79.7 Å². The Morgan fingerprint density at radius 3 is 2.64 bits per heavy atom. The number of nitrogens with one attached hydrogen (secondary N) is 1. The number of guanidine groups is 1. The molecule has 0 aromatic rings. The fourth-order valence-electron chi connectivity index (χ4n) is 3.89. The summed E-state index contributed by atoms with van der Waals surface area (Å²) in [5, 5.41) is 3.47. The van der Waals surface area contributed by atoms with Gasteiger partial charge in [-0.15, -0.1) is 24.0 Å². The first kappa shape index (κ1) is 23.6. The molecule has 3 fully saturated rings. The van der Waals surface area contributed by atoms with Gasteiger partial charge >= 0.3 is 0 Å². The molecule has 2 atom stereocenters. The van der Waals surface area contributed by atoms with Crippen molar-refractivity contribution < 1.29 is 14.3 Å². The highest BCUT2D eigenvalue weighted by atomic mass is 127. The molecule has 0 saturated carbocycles. The minimum Gasteiger partial charge on any atom is -0.379 e. The molecule has 162 valence electrons. The van der Waals surface area contributed by atoms with Crippen LogP contribution in [-0.4, -0.2) is 112 Å². The van der Waals surface area contributed by atoms with Crippen LogP contribution in [-0.2, 0) is 14.3 Å². The number of carbonyl (C=O) groups is 1. The first-order chi connectivity index (χ1) is 13.1. The number of nitrogens with zero attached hydrogens (tertiary/aromatic N) is 4. The summed E-state index contributed by atoms with van der Waals surface area (Å²) in [5.41, 5.74) is 0. The molecule has 0 radical (unpaired) electrons. The molecule has 1 amide bonds. The van der Waals surface area contributed by atoms with Crippen molar-refractivity contribution in [3.8, 4) is 0 Å². The number of likely N-dealkylation sites (tertiary alicyclic amines) is 1. The van der Waals surface area contributed by atoms with E-state index in [0.717, 1.165) is 77.9 Å². The molecule has 2 unspecified atom stereocenters. The minimum atomic E-state index is 0. The van der Waals surface area contributed by atoms with Crippen LogP contribution >= 0.6 is 24.0 Å². The first-order valence-electron chi connectivity index (χ1n) is 10.3. The fourth-order valence-corrected chi connectivity index (χ4v) is 3.89. The van der Waals surface area contributed by atoms with Gasteiger partial charge in [-0.2, -0.15) is 0 Å². The highest BCUT2D eigenvalue weighted by molar-refractivity contribution is 14.0. The van der Waals surface area contributed by atoms with Crippen molar-refractivity contribution in [1.82, 2.24) is 20.0 Å². The van der Waals surface area contributed by atoms with E-state index in [1.54, 1.807) is 19.0 Å². The van der Waals surface area contributed by atoms with E-state index in [0.29, 0.717) is 5.92 Å². The fraction of sp³-hybridized carbons (Fsp3) is 0.895. The number of morpholine rings is 1. The van der Waals surface area contributed by atoms with Crippen molar-refractivity contribution in [2.45, 2.75) is 25.4 Å². The van der Waals surface area contributed by atoms with Crippen LogP contribution in [0.4, 0.5) is 0 Å². The molecule has 3 heterocycles. The summed E-state index contributed by atoms with van der Waals surface area (Å²) in [4.78, 5) is 23.0. The Labute approximate surface area is 186 Å². The molecule has 9 heteroatoms. The monoisotopic (exact) mass is 509 g/mol. The Hall–Kier alpha value is -0.650. The summed E-state index contributed by atoms with van der Waals surface area (Å²) in [6.07, 6.45) is 3.64. The average Bonchev–Trinajstić information content (AvgIpc) is 3.34. The van der Waals surface area contributed by atoms with Gasteiger partial charge in [-0.25, -0.2) is 4.99 Å². The lowest BCUT2D eigenvalue weighted by Crippen LogP contribution is -2.44. The predicted molar refractivity (Wildman–Crippen MR) is 120 cm³/mol. The number of halogens is 1. The Morgan fingerprint density at radius 2 is 1.96 bits per heavy atom. The van der Waals surface area contributed by atoms with Crippen LogP contribution in [0.15, 0.2) is 4.99 Å². The van der Waals surface area contributed by atoms with Crippen molar-refractivity contribution in [1.29, 1.82) is 0 Å². The number of aliphatic imine (C=N–C) groups is 1. The summed E-state index contributed by atoms with van der Waals surface area (Å²) in [6, 6.07) is 0. The van der Waals surface area contributed by atoms with Gasteiger partial charge in [0.2, 0.25) is 5.91 Å². The lowest BCUT2D eigenvalue weighted by molar-refractivity contribution is -0.127. The second-order valence-electron chi connectivity index (χ2n) is 7.96. The van der Waals surface area contributed by atoms with E-state index in [1.165, 1.54) is 6.42 Å². The summed E-state index contributed by atoms with van der Waals surface area (Å²) >= 11 is 0. The number of amides is 1. The minimum absolute atomic E-state index is 0. The number of hydrogen-bond donors (Lipinski definition) is 1. The molecule has 3 saturated heterocycles. The maximum absolute atomic E-state index is 12.0. The molecule has 3 aliphatic heterocycles. The largest absolute Gasteiger partial charge is 0.379 e. The number of hydrogen-bond acceptors (Lipinski definition) is 5. The lowest BCUT2D eigenvalue weighted by atomic mass is 10.1. The Morgan fingerprint density at radius 1 is 1.18 bits per heavy atom. The van der Waals surface area contributed by atoms with Gasteiger partial charge in [0.1, 0.15) is 6.54 Å². The van der Waals surface area contributed by atoms with Gasteiger partial charge < -0.3 is 24.6 Å². The van der Waals surface area contributed by atoms with E-state index in [4.69, 9.17) is 9.47 Å². The van der Waals surface area contributed by atoms with Gasteiger partial charge in [0, 0.05) is 60.0 Å². The molecule has 28 heavy (non-hydrogen) atoms. The van der Waals surface area contributed by atoms with Crippen molar-refractivity contribution in [2.24, 2.45) is 10.9 Å². The van der Waals surface area contributed by atoms with Crippen LogP contribution in [0.1, 0.15) is 19.3 Å². The van der Waals surface area contributed by atoms with Gasteiger partial charge in [0.05, 0.1) is 19.3 Å². The second kappa shape index (κ2) is 12.1. The van der Waals surface area contributed by atoms with Gasteiger partial charge in [-0.05, 0) is 25.2 Å². The summed E-state index contributed by atoms with van der Waals surface area (Å²) < 4.78 is 11.2. The summed E-state index contributed by atoms with van der Waals surface area (Å²) in [6.45, 7) is 8.66. The normalized spacial score (nSPS) is 26.2. The topological polar surface area (TPSA) is 69.6 Å². The van der Waals surface area contributed by atoms with Crippen LogP contribution in [0, 0.1) is 5.92 Å². The van der Waals surface area contributed by atoms with Gasteiger partial charge in [-0.1, -0.05) is 0 Å². The van der Waals surface area contributed by atoms with E-state index in [9.17, 15) is 4.79 Å². The number of ether oxygens (including phenoxy) is 2. The van der Waals surface area contributed by atoms with E-state index in [-0.39, 0.29) is 42.5 Å². The van der Waals surface area contributed by atoms with E-state index < -0.39 is 0 Å². The van der Waals surface area contributed by atoms with Gasteiger partial charge in [0.25, 0.3) is 0 Å². The smallest absolute Gasteiger partial charge is 0.243 e. The van der Waals surface area contributed by atoms with Crippen LogP contribution in [0.3, 0.4) is 0 Å². The molecular formula is C19H36IN5O3. The number of likely N-dealkylation sites (N-methyl/N-ethyl adjacent to an activating group) is 1. The Balaban J connectivity index is 0.00000280. The molecule has 0 aromatic carbocycles. The third-order valence-electron chi connectivity index (χ3n) is 5.58. The molecule has 1 N–H and O–H groups in total. The zero-order valence-corrected chi connectivity index (χ0v) is 19.6. The first-order valence-corrected chi connectivity index (χ1v) is 10.3. The molecule has 0 bridgehead atoms. The maximum atomic E-state index is 12.0. The van der Waals surface area contributed by atoms with Crippen molar-refractivity contribution in [3.05, 3.63) is 0 Å². The predicted octanol–water partition coefficient (Wildman–Crippen LogP) is 0.471. The number of carbonyl (C=O) groups excluding carboxylic acids is 1. The zero-order valence-electron chi connectivity index (χ0n) is 17.3. The Bertz CT molecular complexity index is 508. The molecule has 0 aliphatic carbocycles. The molecule has 8 nitrogen and oxygen atoms in total. The van der Waals surface area contributed by atoms with Crippen LogP contribution in [0.25, 0.3) is 0 Å². The third kappa shape index (κ3) is 7.31. The molecule has 0 spiro atoms.